The van der Waals surface area contributed by atoms with E-state index < -0.39 is 10.0 Å². The largest absolute Gasteiger partial charge is 0.480 e. The van der Waals surface area contributed by atoms with Gasteiger partial charge in [0.15, 0.2) is 4.90 Å². The minimum atomic E-state index is -4.02. The van der Waals surface area contributed by atoms with E-state index in [4.69, 9.17) is 22.1 Å². The standard InChI is InChI=1S/C23H17ClN6O3S/c1-33-22-20(11-18(24)14-27-22)34(31,32)30-19-6-2-4-15(10-19)7-8-17-13-28-23(25)29-21(17)16-5-3-9-26-12-16/h2-6,9-14,30H,1H3,(H2,25,28,29). The van der Waals surface area contributed by atoms with Gasteiger partial charge in [-0.25, -0.2) is 23.4 Å². The summed E-state index contributed by atoms with van der Waals surface area (Å²) in [7, 11) is -2.70. The molecule has 34 heavy (non-hydrogen) atoms. The van der Waals surface area contributed by atoms with E-state index in [1.165, 1.54) is 25.6 Å². The summed E-state index contributed by atoms with van der Waals surface area (Å²) in [5.41, 5.74) is 8.45. The number of nitrogens with zero attached hydrogens (tertiary/aromatic N) is 4. The van der Waals surface area contributed by atoms with Crippen molar-refractivity contribution in [1.29, 1.82) is 0 Å². The van der Waals surface area contributed by atoms with Crippen LogP contribution >= 0.6 is 11.6 Å². The highest BCUT2D eigenvalue weighted by Gasteiger charge is 2.21. The Kier molecular flexibility index (Phi) is 6.58. The molecule has 0 saturated carbocycles. The summed E-state index contributed by atoms with van der Waals surface area (Å²) in [4.78, 5) is 16.1. The smallest absolute Gasteiger partial charge is 0.267 e. The molecule has 3 aromatic heterocycles. The van der Waals surface area contributed by atoms with Gasteiger partial charge in [0.25, 0.3) is 10.0 Å². The molecule has 170 valence electrons. The lowest BCUT2D eigenvalue weighted by molar-refractivity contribution is 0.385. The minimum Gasteiger partial charge on any atom is -0.480 e. The molecule has 0 aliphatic rings. The molecular formula is C23H17ClN6O3S. The third kappa shape index (κ3) is 5.23. The normalized spacial score (nSPS) is 10.8. The van der Waals surface area contributed by atoms with Crippen molar-refractivity contribution in [3.05, 3.63) is 83.4 Å². The highest BCUT2D eigenvalue weighted by molar-refractivity contribution is 7.92. The van der Waals surface area contributed by atoms with Crippen LogP contribution in [0.5, 0.6) is 5.88 Å². The van der Waals surface area contributed by atoms with Crippen molar-refractivity contribution >= 4 is 33.3 Å². The first kappa shape index (κ1) is 23.0. The van der Waals surface area contributed by atoms with E-state index in [0.717, 1.165) is 5.56 Å². The second kappa shape index (κ2) is 9.74. The van der Waals surface area contributed by atoms with E-state index in [-0.39, 0.29) is 21.7 Å². The summed E-state index contributed by atoms with van der Waals surface area (Å²) >= 11 is 5.92. The van der Waals surface area contributed by atoms with Crippen LogP contribution in [0, 0.1) is 11.8 Å². The zero-order valence-corrected chi connectivity index (χ0v) is 19.3. The van der Waals surface area contributed by atoms with Crippen molar-refractivity contribution in [1.82, 2.24) is 19.9 Å². The predicted octanol–water partition coefficient (Wildman–Crippen LogP) is 3.38. The average molecular weight is 493 g/mol. The van der Waals surface area contributed by atoms with Crippen molar-refractivity contribution in [3.63, 3.8) is 0 Å². The minimum absolute atomic E-state index is 0.0703. The lowest BCUT2D eigenvalue weighted by Gasteiger charge is -2.11. The number of sulfonamides is 1. The zero-order chi connectivity index (χ0) is 24.1. The number of ether oxygens (including phenoxy) is 1. The number of benzene rings is 1. The topological polar surface area (TPSA) is 133 Å². The number of nitrogen functional groups attached to an aromatic ring is 1. The first-order valence-electron chi connectivity index (χ1n) is 9.73. The molecule has 0 radical (unpaired) electrons. The van der Waals surface area contributed by atoms with E-state index in [0.29, 0.717) is 22.5 Å². The van der Waals surface area contributed by atoms with Gasteiger partial charge in [0.05, 0.1) is 29.1 Å². The fourth-order valence-corrected chi connectivity index (χ4v) is 4.39. The number of hydrogen-bond acceptors (Lipinski definition) is 8. The summed E-state index contributed by atoms with van der Waals surface area (Å²) in [5, 5.41) is 0.163. The third-order valence-corrected chi connectivity index (χ3v) is 6.05. The van der Waals surface area contributed by atoms with Crippen LogP contribution < -0.4 is 15.2 Å². The molecule has 3 heterocycles. The Balaban J connectivity index is 1.65. The van der Waals surface area contributed by atoms with Gasteiger partial charge >= 0.3 is 0 Å². The molecule has 0 fully saturated rings. The monoisotopic (exact) mass is 492 g/mol. The Morgan fingerprint density at radius 2 is 1.91 bits per heavy atom. The molecule has 9 nitrogen and oxygen atoms in total. The summed E-state index contributed by atoms with van der Waals surface area (Å²) in [6.07, 6.45) is 6.14. The number of anilines is 2. The fourth-order valence-electron chi connectivity index (χ4n) is 2.97. The Hall–Kier alpha value is -4.20. The molecule has 3 N–H and O–H groups in total. The van der Waals surface area contributed by atoms with Gasteiger partial charge in [-0.3, -0.25) is 9.71 Å². The van der Waals surface area contributed by atoms with Crippen LogP contribution in [0.1, 0.15) is 11.1 Å². The van der Waals surface area contributed by atoms with Crippen molar-refractivity contribution in [2.75, 3.05) is 17.6 Å². The van der Waals surface area contributed by atoms with E-state index in [9.17, 15) is 8.42 Å². The molecule has 0 saturated heterocycles. The van der Waals surface area contributed by atoms with Gasteiger partial charge in [-0.05, 0) is 36.4 Å². The Bertz CT molecular complexity index is 1520. The fraction of sp³-hybridized carbons (Fsp3) is 0.0435. The van der Waals surface area contributed by atoms with Crippen molar-refractivity contribution in [2.24, 2.45) is 0 Å². The van der Waals surface area contributed by atoms with Crippen molar-refractivity contribution in [3.8, 4) is 29.0 Å². The lowest BCUT2D eigenvalue weighted by atomic mass is 10.1. The number of methoxy groups -OCH3 is 1. The van der Waals surface area contributed by atoms with E-state index >= 15 is 0 Å². The average Bonchev–Trinajstić information content (AvgIpc) is 2.84. The van der Waals surface area contributed by atoms with Crippen LogP contribution in [0.25, 0.3) is 11.3 Å². The highest BCUT2D eigenvalue weighted by Crippen LogP contribution is 2.26. The summed E-state index contributed by atoms with van der Waals surface area (Å²) < 4.78 is 33.3. The molecule has 1 aromatic carbocycles. The number of nitrogens with one attached hydrogen (secondary N) is 1. The molecule has 11 heteroatoms. The first-order chi connectivity index (χ1) is 16.4. The molecule has 4 aromatic rings. The molecule has 4 rings (SSSR count). The molecule has 0 bridgehead atoms. The summed E-state index contributed by atoms with van der Waals surface area (Å²) in [5.74, 6) is 6.07. The number of hydrogen-bond donors (Lipinski definition) is 2. The van der Waals surface area contributed by atoms with Crippen molar-refractivity contribution in [2.45, 2.75) is 4.90 Å². The maximum absolute atomic E-state index is 12.9. The SMILES string of the molecule is COc1ncc(Cl)cc1S(=O)(=O)Nc1cccc(C#Cc2cnc(N)nc2-c2cccnc2)c1. The van der Waals surface area contributed by atoms with Gasteiger partial charge in [-0.2, -0.15) is 0 Å². The van der Waals surface area contributed by atoms with E-state index in [1.54, 1.807) is 42.7 Å². The van der Waals surface area contributed by atoms with E-state index in [1.807, 2.05) is 6.07 Å². The quantitative estimate of drug-likeness (QED) is 0.405. The van der Waals surface area contributed by atoms with Gasteiger partial charge in [-0.15, -0.1) is 0 Å². The summed E-state index contributed by atoms with van der Waals surface area (Å²) in [6, 6.07) is 11.5. The predicted molar refractivity (Wildman–Crippen MR) is 129 cm³/mol. The van der Waals surface area contributed by atoms with Crippen molar-refractivity contribution < 1.29 is 13.2 Å². The van der Waals surface area contributed by atoms with Crippen LogP contribution in [-0.4, -0.2) is 35.5 Å². The molecule has 0 amide bonds. The Morgan fingerprint density at radius 3 is 2.68 bits per heavy atom. The van der Waals surface area contributed by atoms with Gasteiger partial charge in [-0.1, -0.05) is 29.5 Å². The molecule has 0 unspecified atom stereocenters. The number of nitrogens with two attached hydrogens (primary N) is 1. The third-order valence-electron chi connectivity index (χ3n) is 4.47. The van der Waals surface area contributed by atoms with Crippen LogP contribution in [0.15, 0.2) is 72.1 Å². The van der Waals surface area contributed by atoms with Gasteiger partial charge < -0.3 is 10.5 Å². The number of aromatic nitrogens is 4. The second-order valence-corrected chi connectivity index (χ2v) is 8.92. The highest BCUT2D eigenvalue weighted by atomic mass is 35.5. The van der Waals surface area contributed by atoms with E-state index in [2.05, 4.69) is 36.5 Å². The Labute approximate surface area is 201 Å². The maximum atomic E-state index is 12.9. The van der Waals surface area contributed by atoms with Gasteiger partial charge in [0, 0.05) is 35.9 Å². The molecule has 0 aliphatic carbocycles. The lowest BCUT2D eigenvalue weighted by Crippen LogP contribution is -2.14. The van der Waals surface area contributed by atoms with Crippen LogP contribution in [0.4, 0.5) is 11.6 Å². The van der Waals surface area contributed by atoms with Crippen LogP contribution in [-0.2, 0) is 10.0 Å². The van der Waals surface area contributed by atoms with Gasteiger partial charge in [0.1, 0.15) is 0 Å². The molecule has 0 spiro atoms. The summed E-state index contributed by atoms with van der Waals surface area (Å²) in [6.45, 7) is 0. The maximum Gasteiger partial charge on any atom is 0.267 e. The number of pyridine rings is 2. The Morgan fingerprint density at radius 1 is 1.06 bits per heavy atom. The zero-order valence-electron chi connectivity index (χ0n) is 17.7. The number of halogens is 1. The van der Waals surface area contributed by atoms with Crippen LogP contribution in [0.2, 0.25) is 5.02 Å². The molecule has 0 aliphatic heterocycles. The molecule has 0 atom stereocenters. The van der Waals surface area contributed by atoms with Crippen LogP contribution in [0.3, 0.4) is 0 Å². The molecular weight excluding hydrogens is 476 g/mol. The number of rotatable bonds is 5. The second-order valence-electron chi connectivity index (χ2n) is 6.83. The van der Waals surface area contributed by atoms with Gasteiger partial charge in [0.2, 0.25) is 11.8 Å². The first-order valence-corrected chi connectivity index (χ1v) is 11.6.